The predicted octanol–water partition coefficient (Wildman–Crippen LogP) is 0.766. The van der Waals surface area contributed by atoms with E-state index in [0.29, 0.717) is 38.6 Å². The van der Waals surface area contributed by atoms with Crippen molar-refractivity contribution in [1.82, 2.24) is 21.3 Å². The highest BCUT2D eigenvalue weighted by Crippen LogP contribution is 2.11. The van der Waals surface area contributed by atoms with Gasteiger partial charge in [0.2, 0.25) is 23.6 Å². The molecule has 17 heteroatoms. The standard InChI is InChI=1S/C34H66ClN11O5/c1-4-5-6-7-8-9-10-18-28(48)43-25(17-14-21-42-34(39)40)31(50)46-29(23(2)3)32(51)45-26(15-11-12-19-36)30(49)44-24(27(47)22-35)16-13-20-41-33(37)38/h23-26,29H,4-22,36H2,1-3H3,(H,43,48)(H,44,49)(H,45,51)(H,46,50)(H4,37,38,41)(H4,39,40,42)/t24-,25-,26-,29-/m1/s1. The van der Waals surface area contributed by atoms with Crippen LogP contribution in [0.25, 0.3) is 0 Å². The fourth-order valence-electron chi connectivity index (χ4n) is 5.28. The topological polar surface area (TPSA) is 288 Å². The van der Waals surface area contributed by atoms with E-state index in [1.807, 2.05) is 0 Å². The molecular weight excluding hydrogens is 678 g/mol. The number of carbonyl (C=O) groups is 5. The molecule has 4 amide bonds. The first kappa shape index (κ1) is 47.3. The summed E-state index contributed by atoms with van der Waals surface area (Å²) in [6, 6.07) is -3.91. The van der Waals surface area contributed by atoms with Crippen molar-refractivity contribution >= 4 is 52.9 Å². The van der Waals surface area contributed by atoms with E-state index in [-0.39, 0.29) is 68.4 Å². The lowest BCUT2D eigenvalue weighted by atomic mass is 10.00. The first-order valence-corrected chi connectivity index (χ1v) is 18.9. The Morgan fingerprint density at radius 1 is 0.608 bits per heavy atom. The molecule has 294 valence electrons. The van der Waals surface area contributed by atoms with Gasteiger partial charge in [-0.05, 0) is 63.8 Å². The summed E-state index contributed by atoms with van der Waals surface area (Å²) < 4.78 is 0. The lowest BCUT2D eigenvalue weighted by Gasteiger charge is -2.28. The Morgan fingerprint density at radius 3 is 1.63 bits per heavy atom. The summed E-state index contributed by atoms with van der Waals surface area (Å²) in [5.41, 5.74) is 27.3. The lowest BCUT2D eigenvalue weighted by Crippen LogP contribution is -2.59. The van der Waals surface area contributed by atoms with Crippen molar-refractivity contribution < 1.29 is 24.0 Å². The molecule has 51 heavy (non-hydrogen) atoms. The van der Waals surface area contributed by atoms with E-state index in [0.717, 1.165) is 19.3 Å². The third kappa shape index (κ3) is 23.4. The summed E-state index contributed by atoms with van der Waals surface area (Å²) in [6.07, 6.45) is 10.3. The highest BCUT2D eigenvalue weighted by molar-refractivity contribution is 6.28. The van der Waals surface area contributed by atoms with Gasteiger partial charge in [0.05, 0.1) is 11.9 Å². The summed E-state index contributed by atoms with van der Waals surface area (Å²) in [6.45, 7) is 6.58. The maximum Gasteiger partial charge on any atom is 0.243 e. The van der Waals surface area contributed by atoms with E-state index >= 15 is 0 Å². The van der Waals surface area contributed by atoms with Crippen molar-refractivity contribution in [2.45, 2.75) is 141 Å². The summed E-state index contributed by atoms with van der Waals surface area (Å²) in [7, 11) is 0. The summed E-state index contributed by atoms with van der Waals surface area (Å²) in [5.74, 6) is -3.22. The average molecular weight is 744 g/mol. The number of unbranched alkanes of at least 4 members (excludes halogenated alkanes) is 7. The summed E-state index contributed by atoms with van der Waals surface area (Å²) in [4.78, 5) is 74.0. The molecule has 0 saturated heterocycles. The second-order valence-corrected chi connectivity index (χ2v) is 13.4. The van der Waals surface area contributed by atoms with Crippen LogP contribution < -0.4 is 49.9 Å². The zero-order valence-corrected chi connectivity index (χ0v) is 31.8. The quantitative estimate of drug-likeness (QED) is 0.0215. The molecule has 0 saturated carbocycles. The number of amides is 4. The highest BCUT2D eigenvalue weighted by Gasteiger charge is 2.32. The van der Waals surface area contributed by atoms with Gasteiger partial charge in [-0.3, -0.25) is 34.0 Å². The van der Waals surface area contributed by atoms with Gasteiger partial charge in [0, 0.05) is 19.5 Å². The van der Waals surface area contributed by atoms with Gasteiger partial charge in [0.15, 0.2) is 17.7 Å². The minimum Gasteiger partial charge on any atom is -0.370 e. The first-order chi connectivity index (χ1) is 24.3. The average Bonchev–Trinajstić information content (AvgIpc) is 3.07. The monoisotopic (exact) mass is 743 g/mol. The number of alkyl halides is 1. The van der Waals surface area contributed by atoms with Crippen LogP contribution >= 0.6 is 11.6 Å². The predicted molar refractivity (Wildman–Crippen MR) is 204 cm³/mol. The van der Waals surface area contributed by atoms with Gasteiger partial charge in [-0.1, -0.05) is 59.3 Å². The van der Waals surface area contributed by atoms with E-state index in [2.05, 4.69) is 38.2 Å². The zero-order valence-electron chi connectivity index (χ0n) is 31.0. The van der Waals surface area contributed by atoms with Crippen LogP contribution in [0.1, 0.15) is 117 Å². The van der Waals surface area contributed by atoms with Crippen molar-refractivity contribution in [3.05, 3.63) is 0 Å². The van der Waals surface area contributed by atoms with E-state index in [9.17, 15) is 24.0 Å². The molecule has 0 fully saturated rings. The number of nitrogens with two attached hydrogens (primary N) is 5. The molecular formula is C34H66ClN11O5. The van der Waals surface area contributed by atoms with Crippen LogP contribution in [0.3, 0.4) is 0 Å². The fourth-order valence-corrected chi connectivity index (χ4v) is 5.46. The number of ketones is 1. The van der Waals surface area contributed by atoms with Gasteiger partial charge in [-0.2, -0.15) is 0 Å². The van der Waals surface area contributed by atoms with Gasteiger partial charge in [0.1, 0.15) is 18.1 Å². The molecule has 0 heterocycles. The Labute approximate surface area is 309 Å². The molecule has 0 spiro atoms. The lowest BCUT2D eigenvalue weighted by molar-refractivity contribution is -0.135. The molecule has 0 aliphatic heterocycles. The van der Waals surface area contributed by atoms with Crippen molar-refractivity contribution in [2.24, 2.45) is 44.6 Å². The second-order valence-electron chi connectivity index (χ2n) is 13.1. The fraction of sp³-hybridized carbons (Fsp3) is 0.794. The minimum absolute atomic E-state index is 0.0788. The summed E-state index contributed by atoms with van der Waals surface area (Å²) in [5, 5.41) is 11.1. The summed E-state index contributed by atoms with van der Waals surface area (Å²) >= 11 is 5.81. The molecule has 0 bridgehead atoms. The van der Waals surface area contributed by atoms with E-state index < -0.39 is 47.7 Å². The van der Waals surface area contributed by atoms with E-state index in [1.165, 1.54) is 19.3 Å². The van der Waals surface area contributed by atoms with Crippen LogP contribution in [0.15, 0.2) is 9.98 Å². The van der Waals surface area contributed by atoms with Gasteiger partial charge in [0.25, 0.3) is 0 Å². The smallest absolute Gasteiger partial charge is 0.243 e. The molecule has 16 nitrogen and oxygen atoms in total. The highest BCUT2D eigenvalue weighted by atomic mass is 35.5. The molecule has 14 N–H and O–H groups in total. The van der Waals surface area contributed by atoms with Gasteiger partial charge in [-0.15, -0.1) is 11.6 Å². The van der Waals surface area contributed by atoms with Crippen molar-refractivity contribution in [2.75, 3.05) is 25.5 Å². The molecule has 0 rings (SSSR count). The Bertz CT molecular complexity index is 1100. The van der Waals surface area contributed by atoms with Crippen LogP contribution in [-0.4, -0.2) is 91.0 Å². The number of nitrogens with zero attached hydrogens (tertiary/aromatic N) is 2. The van der Waals surface area contributed by atoms with Crippen LogP contribution in [-0.2, 0) is 24.0 Å². The Hall–Kier alpha value is -3.66. The number of halogens is 1. The normalized spacial score (nSPS) is 13.3. The number of Topliss-reactive ketones (excluding diaryl/α,β-unsaturated/α-hetero) is 1. The number of rotatable bonds is 30. The molecule has 0 aromatic heterocycles. The SMILES string of the molecule is CCCCCCCCCC(=O)N[C@H](CCCN=C(N)N)C(=O)N[C@@H](C(=O)N[C@H](CCCCN)C(=O)N[C@H](CCCN=C(N)N)C(=O)CCl)C(C)C. The number of carbonyl (C=O) groups excluding carboxylic acids is 5. The number of hydrogen-bond acceptors (Lipinski definition) is 8. The third-order valence-electron chi connectivity index (χ3n) is 8.21. The number of aliphatic imine (C=N–C) groups is 2. The van der Waals surface area contributed by atoms with E-state index in [4.69, 9.17) is 40.3 Å². The maximum absolute atomic E-state index is 13.7. The van der Waals surface area contributed by atoms with Crippen LogP contribution in [0, 0.1) is 5.92 Å². The molecule has 0 unspecified atom stereocenters. The Balaban J connectivity index is 5.77. The molecule has 0 aromatic carbocycles. The van der Waals surface area contributed by atoms with Crippen molar-refractivity contribution in [3.8, 4) is 0 Å². The zero-order chi connectivity index (χ0) is 38.6. The van der Waals surface area contributed by atoms with Gasteiger partial charge < -0.3 is 49.9 Å². The number of nitrogens with one attached hydrogen (secondary N) is 4. The molecule has 4 atom stereocenters. The van der Waals surface area contributed by atoms with Crippen molar-refractivity contribution in [3.63, 3.8) is 0 Å². The second kappa shape index (κ2) is 29.0. The maximum atomic E-state index is 13.7. The Morgan fingerprint density at radius 2 is 1.10 bits per heavy atom. The molecule has 0 aliphatic rings. The largest absolute Gasteiger partial charge is 0.370 e. The first-order valence-electron chi connectivity index (χ1n) is 18.4. The third-order valence-corrected chi connectivity index (χ3v) is 8.48. The van der Waals surface area contributed by atoms with Crippen LogP contribution in [0.4, 0.5) is 0 Å². The van der Waals surface area contributed by atoms with Crippen LogP contribution in [0.2, 0.25) is 0 Å². The van der Waals surface area contributed by atoms with Gasteiger partial charge in [-0.25, -0.2) is 0 Å². The minimum atomic E-state index is -1.04. The molecule has 0 aromatic rings. The molecule has 0 aliphatic carbocycles. The molecule has 0 radical (unpaired) electrons. The number of hydrogen-bond donors (Lipinski definition) is 9. The van der Waals surface area contributed by atoms with E-state index in [1.54, 1.807) is 13.8 Å². The number of guanidine groups is 2. The van der Waals surface area contributed by atoms with Crippen molar-refractivity contribution in [1.29, 1.82) is 0 Å². The van der Waals surface area contributed by atoms with Crippen LogP contribution in [0.5, 0.6) is 0 Å². The Kier molecular flexibility index (Phi) is 26.9. The van der Waals surface area contributed by atoms with Gasteiger partial charge >= 0.3 is 0 Å².